The normalized spacial score (nSPS) is 18.3. The van der Waals surface area contributed by atoms with E-state index in [1.165, 1.54) is 18.2 Å². The average Bonchev–Trinajstić information content (AvgIpc) is 3.02. The van der Waals surface area contributed by atoms with Gasteiger partial charge in [0.1, 0.15) is 17.4 Å². The van der Waals surface area contributed by atoms with Gasteiger partial charge in [-0.25, -0.2) is 8.78 Å². The molecule has 3 aromatic rings. The van der Waals surface area contributed by atoms with Crippen molar-refractivity contribution in [2.24, 2.45) is 11.7 Å². The summed E-state index contributed by atoms with van der Waals surface area (Å²) in [6.07, 6.45) is 1.70. The minimum Gasteiger partial charge on any atom is -0.435 e. The third kappa shape index (κ3) is 4.24. The average molecular weight is 408 g/mol. The van der Waals surface area contributed by atoms with Gasteiger partial charge in [-0.15, -0.1) is 0 Å². The lowest BCUT2D eigenvalue weighted by Crippen LogP contribution is -2.28. The topological polar surface area (TPSA) is 51.0 Å². The van der Waals surface area contributed by atoms with Gasteiger partial charge in [0.25, 0.3) is 0 Å². The Kier molecular flexibility index (Phi) is 6.47. The largest absolute Gasteiger partial charge is 0.435 e. The Morgan fingerprint density at radius 3 is 2.34 bits per heavy atom. The van der Waals surface area contributed by atoms with Crippen LogP contribution in [-0.2, 0) is 0 Å². The van der Waals surface area contributed by atoms with Crippen molar-refractivity contribution in [3.05, 3.63) is 53.6 Å². The van der Waals surface area contributed by atoms with Crippen LogP contribution in [-0.4, -0.2) is 18.1 Å². The second-order valence-corrected chi connectivity index (χ2v) is 6.90. The van der Waals surface area contributed by atoms with Gasteiger partial charge in [-0.2, -0.15) is 8.78 Å². The van der Waals surface area contributed by atoms with E-state index in [0.717, 1.165) is 24.5 Å². The van der Waals surface area contributed by atoms with E-state index in [0.29, 0.717) is 29.1 Å². The molecule has 1 aliphatic rings. The Bertz CT molecular complexity index is 963. The van der Waals surface area contributed by atoms with Gasteiger partial charge < -0.3 is 15.5 Å². The van der Waals surface area contributed by atoms with Crippen molar-refractivity contribution in [3.8, 4) is 17.0 Å². The number of nitrogens with two attached hydrogens (primary N) is 1. The molecule has 156 valence electrons. The second kappa shape index (κ2) is 8.86. The van der Waals surface area contributed by atoms with Crippen molar-refractivity contribution in [3.63, 3.8) is 0 Å². The zero-order valence-electron chi connectivity index (χ0n) is 16.3. The molecule has 29 heavy (non-hydrogen) atoms. The van der Waals surface area contributed by atoms with Gasteiger partial charge in [0.05, 0.1) is 11.2 Å². The molecule has 0 atom stereocenters. The smallest absolute Gasteiger partial charge is 0.387 e. The Hall–Kier alpha value is -2.54. The molecule has 1 fully saturated rings. The number of rotatable bonds is 5. The fourth-order valence-corrected chi connectivity index (χ4v) is 3.86. The first-order valence-corrected chi connectivity index (χ1v) is 9.72. The summed E-state index contributed by atoms with van der Waals surface area (Å²) in [5.41, 5.74) is 8.16. The summed E-state index contributed by atoms with van der Waals surface area (Å²) in [6, 6.07) is 8.28. The summed E-state index contributed by atoms with van der Waals surface area (Å²) in [6.45, 7) is 1.68. The Morgan fingerprint density at radius 2 is 1.76 bits per heavy atom. The van der Waals surface area contributed by atoms with Crippen LogP contribution in [0.3, 0.4) is 0 Å². The van der Waals surface area contributed by atoms with E-state index >= 15 is 0 Å². The van der Waals surface area contributed by atoms with Crippen LogP contribution in [0.5, 0.6) is 5.75 Å². The van der Waals surface area contributed by atoms with Crippen LogP contribution in [0.15, 0.2) is 36.4 Å². The Labute approximate surface area is 166 Å². The molecular weight excluding hydrogens is 384 g/mol. The minimum atomic E-state index is -2.90. The first-order chi connectivity index (χ1) is 14.0. The van der Waals surface area contributed by atoms with Gasteiger partial charge in [0.15, 0.2) is 0 Å². The number of aromatic amines is 1. The van der Waals surface area contributed by atoms with Crippen LogP contribution >= 0.6 is 0 Å². The number of H-pyrrole nitrogens is 1. The van der Waals surface area contributed by atoms with Gasteiger partial charge >= 0.3 is 6.61 Å². The van der Waals surface area contributed by atoms with Crippen LogP contribution in [0.1, 0.15) is 38.2 Å². The molecule has 1 heterocycles. The number of benzene rings is 2. The molecule has 7 heteroatoms. The highest BCUT2D eigenvalue weighted by Crippen LogP contribution is 2.48. The quantitative estimate of drug-likeness (QED) is 0.495. The van der Waals surface area contributed by atoms with Crippen molar-refractivity contribution < 1.29 is 22.3 Å². The number of ether oxygens (including phenoxy) is 1. The van der Waals surface area contributed by atoms with Crippen LogP contribution in [0, 0.1) is 17.6 Å². The van der Waals surface area contributed by atoms with Crippen molar-refractivity contribution in [1.29, 1.82) is 0 Å². The number of halogens is 4. The molecule has 0 radical (unpaired) electrons. The molecule has 0 bridgehead atoms. The van der Waals surface area contributed by atoms with E-state index in [-0.39, 0.29) is 17.2 Å². The predicted octanol–water partition coefficient (Wildman–Crippen LogP) is 6.19. The number of nitrogens with one attached hydrogen (secondary N) is 1. The van der Waals surface area contributed by atoms with Gasteiger partial charge in [-0.3, -0.25) is 0 Å². The maximum atomic E-state index is 14.3. The van der Waals surface area contributed by atoms with Gasteiger partial charge in [0.2, 0.25) is 0 Å². The van der Waals surface area contributed by atoms with E-state index < -0.39 is 18.2 Å². The molecule has 1 aromatic heterocycles. The molecule has 1 saturated carbocycles. The van der Waals surface area contributed by atoms with Gasteiger partial charge in [0, 0.05) is 11.5 Å². The number of fused-ring (bicyclic) bond motifs is 1. The zero-order chi connectivity index (χ0) is 21.1. The molecule has 0 saturated heterocycles. The van der Waals surface area contributed by atoms with Crippen LogP contribution in [0.25, 0.3) is 22.2 Å². The van der Waals surface area contributed by atoms with E-state index in [4.69, 9.17) is 5.73 Å². The maximum Gasteiger partial charge on any atom is 0.387 e. The summed E-state index contributed by atoms with van der Waals surface area (Å²) in [7, 11) is 0. The molecule has 3 nitrogen and oxygen atoms in total. The third-order valence-corrected chi connectivity index (χ3v) is 5.21. The summed E-state index contributed by atoms with van der Waals surface area (Å²) in [5.74, 6) is -0.726. The highest BCUT2D eigenvalue weighted by atomic mass is 19.3. The zero-order valence-corrected chi connectivity index (χ0v) is 16.3. The van der Waals surface area contributed by atoms with E-state index in [9.17, 15) is 17.6 Å². The minimum absolute atomic E-state index is 0.0375. The fraction of sp³-hybridized carbons (Fsp3) is 0.364. The van der Waals surface area contributed by atoms with Crippen LogP contribution < -0.4 is 10.5 Å². The fourth-order valence-electron chi connectivity index (χ4n) is 3.86. The van der Waals surface area contributed by atoms with Gasteiger partial charge in [-0.1, -0.05) is 13.8 Å². The van der Waals surface area contributed by atoms with Gasteiger partial charge in [-0.05, 0) is 72.7 Å². The van der Waals surface area contributed by atoms with Crippen molar-refractivity contribution in [2.75, 3.05) is 6.54 Å². The molecule has 3 N–H and O–H groups in total. The Morgan fingerprint density at radius 1 is 1.10 bits per heavy atom. The standard InChI is InChI=1S/C20H18F4N2O.C2H6/c21-13-7-15-17(12-5-10(6-12)9-25)18(26-19(15)16(22)8-13)11-1-3-14(4-2-11)27-20(23)24;1-2/h1-4,7-8,10,12,20,26H,5-6,9,25H2;1-2H3. The SMILES string of the molecule is CC.NCC1CC(c2c(-c3ccc(OC(F)F)cc3)[nH]c3c(F)cc(F)cc23)C1. The van der Waals surface area contributed by atoms with Crippen molar-refractivity contribution in [2.45, 2.75) is 39.2 Å². The molecule has 4 rings (SSSR count). The van der Waals surface area contributed by atoms with Crippen molar-refractivity contribution >= 4 is 10.9 Å². The summed E-state index contributed by atoms with van der Waals surface area (Å²) < 4.78 is 57.2. The van der Waals surface area contributed by atoms with E-state index in [1.54, 1.807) is 12.1 Å². The summed E-state index contributed by atoms with van der Waals surface area (Å²) in [5, 5.41) is 0.510. The molecule has 0 amide bonds. The number of aromatic nitrogens is 1. The summed E-state index contributed by atoms with van der Waals surface area (Å²) in [4.78, 5) is 3.06. The van der Waals surface area contributed by atoms with Crippen LogP contribution in [0.4, 0.5) is 17.6 Å². The second-order valence-electron chi connectivity index (χ2n) is 6.90. The highest BCUT2D eigenvalue weighted by molar-refractivity contribution is 5.92. The monoisotopic (exact) mass is 408 g/mol. The maximum absolute atomic E-state index is 14.3. The van der Waals surface area contributed by atoms with E-state index in [2.05, 4.69) is 9.72 Å². The first kappa shape index (κ1) is 21.2. The number of hydrogen-bond acceptors (Lipinski definition) is 2. The lowest BCUT2D eigenvalue weighted by Gasteiger charge is -2.35. The molecule has 1 aliphatic carbocycles. The first-order valence-electron chi connectivity index (χ1n) is 9.72. The highest BCUT2D eigenvalue weighted by Gasteiger charge is 2.33. The number of hydrogen-bond donors (Lipinski definition) is 2. The predicted molar refractivity (Wildman–Crippen MR) is 106 cm³/mol. The molecule has 2 aromatic carbocycles. The third-order valence-electron chi connectivity index (χ3n) is 5.21. The lowest BCUT2D eigenvalue weighted by molar-refractivity contribution is -0.0498. The lowest BCUT2D eigenvalue weighted by atomic mass is 9.70. The van der Waals surface area contributed by atoms with E-state index in [1.807, 2.05) is 13.8 Å². The molecule has 0 spiro atoms. The summed E-state index contributed by atoms with van der Waals surface area (Å²) >= 11 is 0. The molecule has 0 unspecified atom stereocenters. The Balaban J connectivity index is 0.00000117. The number of alkyl halides is 2. The molecule has 0 aliphatic heterocycles. The van der Waals surface area contributed by atoms with Crippen LogP contribution in [0.2, 0.25) is 0 Å². The molecular formula is C22H24F4N2O. The van der Waals surface area contributed by atoms with Crippen molar-refractivity contribution in [1.82, 2.24) is 4.98 Å².